The molecular weight excluding hydrogens is 500 g/mol. The summed E-state index contributed by atoms with van der Waals surface area (Å²) in [5.41, 5.74) is 1.08. The van der Waals surface area contributed by atoms with Gasteiger partial charge >= 0.3 is 0 Å². The zero-order chi connectivity index (χ0) is 27.0. The minimum atomic E-state index is -0.945. The molecule has 0 aromatic heterocycles. The molecule has 0 bridgehead atoms. The zero-order valence-corrected chi connectivity index (χ0v) is 20.8. The SMILES string of the molecule is COc1c(F)cc(C(=O)N2CCCC[C@H]2COc2ccc3c(c2)CN(C2CCC(=O)NC2=O)C3=O)cc1F. The summed E-state index contributed by atoms with van der Waals surface area (Å²) in [6.45, 7) is 0.818. The molecule has 3 heterocycles. The first-order valence-electron chi connectivity index (χ1n) is 12.5. The normalized spacial score (nSPS) is 21.3. The van der Waals surface area contributed by atoms with Crippen molar-refractivity contribution in [3.63, 3.8) is 0 Å². The maximum absolute atomic E-state index is 14.2. The molecule has 11 heteroatoms. The lowest BCUT2D eigenvalue weighted by atomic mass is 10.0. The van der Waals surface area contributed by atoms with Crippen LogP contribution in [-0.2, 0) is 16.1 Å². The summed E-state index contributed by atoms with van der Waals surface area (Å²) in [6, 6.07) is 5.98. The summed E-state index contributed by atoms with van der Waals surface area (Å²) in [5.74, 6) is -3.50. The highest BCUT2D eigenvalue weighted by Crippen LogP contribution is 2.31. The summed E-state index contributed by atoms with van der Waals surface area (Å²) >= 11 is 0. The summed E-state index contributed by atoms with van der Waals surface area (Å²) < 4.78 is 39.1. The third kappa shape index (κ3) is 4.80. The number of benzene rings is 2. The Labute approximate surface area is 217 Å². The number of nitrogens with one attached hydrogen (secondary N) is 1. The van der Waals surface area contributed by atoms with Gasteiger partial charge < -0.3 is 19.3 Å². The highest BCUT2D eigenvalue weighted by atomic mass is 19.1. The lowest BCUT2D eigenvalue weighted by Gasteiger charge is -2.35. The van der Waals surface area contributed by atoms with E-state index in [-0.39, 0.29) is 49.4 Å². The molecule has 200 valence electrons. The summed E-state index contributed by atoms with van der Waals surface area (Å²) in [7, 11) is 1.16. The maximum Gasteiger partial charge on any atom is 0.255 e. The monoisotopic (exact) mass is 527 g/mol. The fraction of sp³-hybridized carbons (Fsp3) is 0.407. The van der Waals surface area contributed by atoms with Crippen molar-refractivity contribution in [1.29, 1.82) is 0 Å². The number of carbonyl (C=O) groups excluding carboxylic acids is 4. The predicted octanol–water partition coefficient (Wildman–Crippen LogP) is 2.81. The second-order valence-electron chi connectivity index (χ2n) is 9.65. The van der Waals surface area contributed by atoms with E-state index in [2.05, 4.69) is 5.32 Å². The van der Waals surface area contributed by atoms with Crippen molar-refractivity contribution in [2.24, 2.45) is 0 Å². The van der Waals surface area contributed by atoms with Crippen LogP contribution < -0.4 is 14.8 Å². The topological polar surface area (TPSA) is 105 Å². The van der Waals surface area contributed by atoms with E-state index in [1.165, 1.54) is 4.90 Å². The highest BCUT2D eigenvalue weighted by molar-refractivity contribution is 6.05. The first kappa shape index (κ1) is 25.6. The van der Waals surface area contributed by atoms with E-state index in [1.807, 2.05) is 0 Å². The van der Waals surface area contributed by atoms with Gasteiger partial charge in [-0.25, -0.2) is 8.78 Å². The molecule has 2 fully saturated rings. The molecule has 0 radical (unpaired) electrons. The Kier molecular flexibility index (Phi) is 7.00. The molecule has 2 aromatic rings. The Morgan fingerprint density at radius 3 is 2.55 bits per heavy atom. The minimum absolute atomic E-state index is 0.0997. The Hall–Kier alpha value is -4.02. The van der Waals surface area contributed by atoms with Gasteiger partial charge in [0.1, 0.15) is 18.4 Å². The van der Waals surface area contributed by atoms with Crippen LogP contribution >= 0.6 is 0 Å². The molecular formula is C27H27F2N3O6. The van der Waals surface area contributed by atoms with Gasteiger partial charge in [0, 0.05) is 30.6 Å². The van der Waals surface area contributed by atoms with Crippen LogP contribution in [-0.4, -0.2) is 65.8 Å². The van der Waals surface area contributed by atoms with E-state index in [9.17, 15) is 28.0 Å². The molecule has 9 nitrogen and oxygen atoms in total. The molecule has 0 aliphatic carbocycles. The molecule has 0 spiro atoms. The number of likely N-dealkylation sites (tertiary alicyclic amines) is 1. The van der Waals surface area contributed by atoms with Crippen LogP contribution in [0.15, 0.2) is 30.3 Å². The average Bonchev–Trinajstić information content (AvgIpc) is 3.22. The molecule has 2 saturated heterocycles. The number of piperidine rings is 2. The molecule has 2 atom stereocenters. The Morgan fingerprint density at radius 2 is 1.84 bits per heavy atom. The number of nitrogens with zero attached hydrogens (tertiary/aromatic N) is 2. The minimum Gasteiger partial charge on any atom is -0.491 e. The fourth-order valence-electron chi connectivity index (χ4n) is 5.32. The van der Waals surface area contributed by atoms with Crippen molar-refractivity contribution in [2.45, 2.75) is 50.7 Å². The molecule has 5 rings (SSSR count). The van der Waals surface area contributed by atoms with Gasteiger partial charge in [-0.05, 0) is 61.6 Å². The van der Waals surface area contributed by atoms with Crippen molar-refractivity contribution in [3.05, 3.63) is 58.7 Å². The Bertz CT molecular complexity index is 1290. The second kappa shape index (κ2) is 10.4. The number of fused-ring (bicyclic) bond motifs is 1. The van der Waals surface area contributed by atoms with Gasteiger partial charge in [0.05, 0.1) is 13.2 Å². The number of methoxy groups -OCH3 is 1. The van der Waals surface area contributed by atoms with E-state index in [0.717, 1.165) is 32.1 Å². The zero-order valence-electron chi connectivity index (χ0n) is 20.8. The van der Waals surface area contributed by atoms with Crippen LogP contribution in [0.5, 0.6) is 11.5 Å². The number of rotatable bonds is 6. The Morgan fingerprint density at radius 1 is 1.08 bits per heavy atom. The molecule has 0 saturated carbocycles. The molecule has 3 aliphatic heterocycles. The van der Waals surface area contributed by atoms with E-state index < -0.39 is 35.2 Å². The number of carbonyl (C=O) groups is 4. The summed E-state index contributed by atoms with van der Waals surface area (Å²) in [4.78, 5) is 52.8. The third-order valence-electron chi connectivity index (χ3n) is 7.27. The van der Waals surface area contributed by atoms with Crippen molar-refractivity contribution in [1.82, 2.24) is 15.1 Å². The first-order valence-corrected chi connectivity index (χ1v) is 12.5. The van der Waals surface area contributed by atoms with Crippen molar-refractivity contribution in [2.75, 3.05) is 20.3 Å². The van der Waals surface area contributed by atoms with Gasteiger partial charge in [0.15, 0.2) is 17.4 Å². The van der Waals surface area contributed by atoms with Gasteiger partial charge in [0.25, 0.3) is 11.8 Å². The summed E-state index contributed by atoms with van der Waals surface area (Å²) in [6.07, 6.45) is 2.77. The standard InChI is InChI=1S/C27H27F2N3O6/c1-37-24-20(28)11-15(12-21(24)29)26(35)31-9-3-2-4-17(31)14-38-18-5-6-19-16(10-18)13-32(27(19)36)22-7-8-23(33)30-25(22)34/h5-6,10-12,17,22H,2-4,7-9,13-14H2,1H3,(H,30,33,34)/t17-,22?/m0/s1. The number of amides is 4. The largest absolute Gasteiger partial charge is 0.491 e. The Balaban J connectivity index is 1.26. The van der Waals surface area contributed by atoms with Gasteiger partial charge in [-0.2, -0.15) is 0 Å². The molecule has 4 amide bonds. The van der Waals surface area contributed by atoms with Gasteiger partial charge in [0.2, 0.25) is 11.8 Å². The van der Waals surface area contributed by atoms with Crippen LogP contribution in [0.25, 0.3) is 0 Å². The molecule has 3 aliphatic rings. The number of hydrogen-bond donors (Lipinski definition) is 1. The van der Waals surface area contributed by atoms with Gasteiger partial charge in [-0.15, -0.1) is 0 Å². The van der Waals surface area contributed by atoms with Crippen LogP contribution in [0.1, 0.15) is 58.4 Å². The van der Waals surface area contributed by atoms with Crippen molar-refractivity contribution in [3.8, 4) is 11.5 Å². The molecule has 1 unspecified atom stereocenters. The highest BCUT2D eigenvalue weighted by Gasteiger charge is 2.39. The van der Waals surface area contributed by atoms with Crippen molar-refractivity contribution < 1.29 is 37.4 Å². The van der Waals surface area contributed by atoms with E-state index in [4.69, 9.17) is 9.47 Å². The number of ether oxygens (including phenoxy) is 2. The average molecular weight is 528 g/mol. The lowest BCUT2D eigenvalue weighted by molar-refractivity contribution is -0.136. The molecule has 38 heavy (non-hydrogen) atoms. The summed E-state index contributed by atoms with van der Waals surface area (Å²) in [5, 5.41) is 2.28. The molecule has 1 N–H and O–H groups in total. The third-order valence-corrected chi connectivity index (χ3v) is 7.27. The second-order valence-corrected chi connectivity index (χ2v) is 9.65. The van der Waals surface area contributed by atoms with Crippen molar-refractivity contribution >= 4 is 23.6 Å². The number of halogens is 2. The van der Waals surface area contributed by atoms with Crippen LogP contribution in [0.3, 0.4) is 0 Å². The first-order chi connectivity index (χ1) is 18.3. The van der Waals surface area contributed by atoms with Crippen LogP contribution in [0.4, 0.5) is 8.78 Å². The smallest absolute Gasteiger partial charge is 0.255 e. The fourth-order valence-corrected chi connectivity index (χ4v) is 5.32. The lowest BCUT2D eigenvalue weighted by Crippen LogP contribution is -2.52. The predicted molar refractivity (Wildman–Crippen MR) is 130 cm³/mol. The number of imide groups is 1. The number of hydrogen-bond acceptors (Lipinski definition) is 6. The van der Waals surface area contributed by atoms with Crippen LogP contribution in [0.2, 0.25) is 0 Å². The van der Waals surface area contributed by atoms with Gasteiger partial charge in [-0.3, -0.25) is 24.5 Å². The van der Waals surface area contributed by atoms with Gasteiger partial charge in [-0.1, -0.05) is 0 Å². The van der Waals surface area contributed by atoms with E-state index in [0.29, 0.717) is 29.8 Å². The van der Waals surface area contributed by atoms with E-state index in [1.54, 1.807) is 23.1 Å². The quantitative estimate of drug-likeness (QED) is 0.580. The maximum atomic E-state index is 14.2. The molecule has 2 aromatic carbocycles. The van der Waals surface area contributed by atoms with E-state index >= 15 is 0 Å². The van der Waals surface area contributed by atoms with Crippen LogP contribution in [0, 0.1) is 11.6 Å².